The van der Waals surface area contributed by atoms with Crippen molar-refractivity contribution in [1.29, 1.82) is 0 Å². The van der Waals surface area contributed by atoms with Crippen molar-refractivity contribution >= 4 is 39.0 Å². The third kappa shape index (κ3) is 2.92. The molecule has 1 aromatic carbocycles. The summed E-state index contributed by atoms with van der Waals surface area (Å²) in [5.74, 6) is -0.00835. The first-order valence-electron chi connectivity index (χ1n) is 9.56. The van der Waals surface area contributed by atoms with E-state index in [2.05, 4.69) is 30.1 Å². The summed E-state index contributed by atoms with van der Waals surface area (Å²) < 4.78 is 28.4. The van der Waals surface area contributed by atoms with Gasteiger partial charge < -0.3 is 10.7 Å². The minimum Gasteiger partial charge on any atom is -0.397 e. The lowest BCUT2D eigenvalue weighted by Gasteiger charge is -2.04. The quantitative estimate of drug-likeness (QED) is 0.349. The largest absolute Gasteiger partial charge is 0.397 e. The number of aromatic nitrogens is 6. The average molecular weight is 445 g/mol. The molecule has 10 heteroatoms. The van der Waals surface area contributed by atoms with Gasteiger partial charge in [0.05, 0.1) is 16.1 Å². The maximum absolute atomic E-state index is 14.8. The standard InChI is InChI=1S/C22H13F2N7S/c23-14-7-10(11-5-12(25)9-26-8-11)6-13-18(14)30-31-19(13)22-28-15-3-4-27-21(20(15)29-22)16-1-2-17(24)32-16/h1-9H,25H2,(H,28,29)(H,30,31). The van der Waals surface area contributed by atoms with E-state index in [-0.39, 0.29) is 10.6 Å². The highest BCUT2D eigenvalue weighted by Gasteiger charge is 2.19. The topological polar surface area (TPSA) is 109 Å². The Morgan fingerprint density at radius 1 is 0.969 bits per heavy atom. The summed E-state index contributed by atoms with van der Waals surface area (Å²) in [5.41, 5.74) is 10.2. The molecule has 0 fully saturated rings. The SMILES string of the molecule is Nc1cncc(-c2cc(F)c3n[nH]c(-c4nc5c(-c6ccc(F)s6)nccc5[nH]4)c3c2)c1. The molecule has 6 aromatic rings. The molecule has 0 saturated carbocycles. The number of halogens is 2. The summed E-state index contributed by atoms with van der Waals surface area (Å²) in [5, 5.41) is 7.28. The molecule has 156 valence electrons. The minimum atomic E-state index is -0.477. The molecule has 0 amide bonds. The van der Waals surface area contributed by atoms with Crippen molar-refractivity contribution in [3.63, 3.8) is 0 Å². The summed E-state index contributed by atoms with van der Waals surface area (Å²) in [4.78, 5) is 17.0. The Balaban J connectivity index is 1.54. The van der Waals surface area contributed by atoms with E-state index < -0.39 is 5.82 Å². The van der Waals surface area contributed by atoms with Gasteiger partial charge in [0.1, 0.15) is 22.4 Å². The fourth-order valence-corrected chi connectivity index (χ4v) is 4.44. The van der Waals surface area contributed by atoms with E-state index in [0.717, 1.165) is 16.9 Å². The zero-order valence-corrected chi connectivity index (χ0v) is 17.0. The number of nitrogens with one attached hydrogen (secondary N) is 2. The van der Waals surface area contributed by atoms with Gasteiger partial charge in [-0.05, 0) is 42.0 Å². The first kappa shape index (κ1) is 18.6. The van der Waals surface area contributed by atoms with Gasteiger partial charge in [-0.25, -0.2) is 9.37 Å². The van der Waals surface area contributed by atoms with E-state index in [0.29, 0.717) is 49.8 Å². The molecule has 0 spiro atoms. The van der Waals surface area contributed by atoms with Gasteiger partial charge in [0.15, 0.2) is 16.8 Å². The predicted molar refractivity (Wildman–Crippen MR) is 120 cm³/mol. The molecular formula is C22H13F2N7S. The van der Waals surface area contributed by atoms with Gasteiger partial charge >= 0.3 is 0 Å². The van der Waals surface area contributed by atoms with E-state index in [1.165, 1.54) is 18.3 Å². The molecule has 6 rings (SSSR count). The van der Waals surface area contributed by atoms with Crippen molar-refractivity contribution in [3.05, 3.63) is 65.9 Å². The number of benzene rings is 1. The third-order valence-electron chi connectivity index (χ3n) is 5.15. The summed E-state index contributed by atoms with van der Waals surface area (Å²) in [7, 11) is 0. The zero-order valence-electron chi connectivity index (χ0n) is 16.2. The Morgan fingerprint density at radius 3 is 2.69 bits per heavy atom. The van der Waals surface area contributed by atoms with Gasteiger partial charge in [-0.3, -0.25) is 15.1 Å². The van der Waals surface area contributed by atoms with Gasteiger partial charge in [0.25, 0.3) is 0 Å². The van der Waals surface area contributed by atoms with Crippen LogP contribution < -0.4 is 5.73 Å². The monoisotopic (exact) mass is 445 g/mol. The number of H-pyrrole nitrogens is 2. The van der Waals surface area contributed by atoms with Crippen LogP contribution in [0.4, 0.5) is 14.5 Å². The lowest BCUT2D eigenvalue weighted by molar-refractivity contribution is 0.636. The van der Waals surface area contributed by atoms with Crippen LogP contribution in [0, 0.1) is 10.9 Å². The van der Waals surface area contributed by atoms with Crippen LogP contribution in [0.5, 0.6) is 0 Å². The van der Waals surface area contributed by atoms with Gasteiger partial charge in [0, 0.05) is 29.5 Å². The molecule has 0 aliphatic rings. The Bertz CT molecular complexity index is 1630. The number of nitrogen functional groups attached to an aromatic ring is 1. The van der Waals surface area contributed by atoms with Crippen LogP contribution in [0.2, 0.25) is 0 Å². The molecule has 0 unspecified atom stereocenters. The number of hydrogen-bond acceptors (Lipinski definition) is 6. The lowest BCUT2D eigenvalue weighted by atomic mass is 10.0. The molecular weight excluding hydrogens is 432 g/mol. The van der Waals surface area contributed by atoms with Crippen molar-refractivity contribution in [1.82, 2.24) is 30.1 Å². The molecule has 0 bridgehead atoms. The first-order chi connectivity index (χ1) is 15.6. The molecule has 7 nitrogen and oxygen atoms in total. The molecule has 5 aromatic heterocycles. The highest BCUT2D eigenvalue weighted by molar-refractivity contribution is 7.13. The van der Waals surface area contributed by atoms with Crippen LogP contribution >= 0.6 is 11.3 Å². The van der Waals surface area contributed by atoms with Crippen molar-refractivity contribution in [3.8, 4) is 33.2 Å². The van der Waals surface area contributed by atoms with Crippen LogP contribution in [0.1, 0.15) is 0 Å². The first-order valence-corrected chi connectivity index (χ1v) is 10.4. The second kappa shape index (κ2) is 6.92. The highest BCUT2D eigenvalue weighted by Crippen LogP contribution is 2.35. The van der Waals surface area contributed by atoms with Crippen molar-refractivity contribution in [2.75, 3.05) is 5.73 Å². The summed E-state index contributed by atoms with van der Waals surface area (Å²) in [6.07, 6.45) is 4.78. The zero-order chi connectivity index (χ0) is 21.8. The Morgan fingerprint density at radius 2 is 1.88 bits per heavy atom. The van der Waals surface area contributed by atoms with Crippen LogP contribution in [0.15, 0.2) is 55.0 Å². The molecule has 0 saturated heterocycles. The van der Waals surface area contributed by atoms with Crippen LogP contribution in [0.3, 0.4) is 0 Å². The fourth-order valence-electron chi connectivity index (χ4n) is 3.71. The van der Waals surface area contributed by atoms with Crippen LogP contribution in [-0.2, 0) is 0 Å². The van der Waals surface area contributed by atoms with E-state index >= 15 is 0 Å². The van der Waals surface area contributed by atoms with Crippen molar-refractivity contribution in [2.45, 2.75) is 0 Å². The number of hydrogen-bond donors (Lipinski definition) is 3. The van der Waals surface area contributed by atoms with Gasteiger partial charge in [-0.1, -0.05) is 0 Å². The molecule has 4 N–H and O–H groups in total. The number of aromatic amines is 2. The third-order valence-corrected chi connectivity index (χ3v) is 6.03. The van der Waals surface area contributed by atoms with E-state index in [1.54, 1.807) is 30.6 Å². The number of nitrogens with two attached hydrogens (primary N) is 1. The molecule has 0 aliphatic carbocycles. The maximum atomic E-state index is 14.8. The highest BCUT2D eigenvalue weighted by atomic mass is 32.1. The molecule has 0 atom stereocenters. The predicted octanol–water partition coefficient (Wildman–Crippen LogP) is 5.15. The fraction of sp³-hybridized carbons (Fsp3) is 0. The molecule has 0 radical (unpaired) electrons. The Kier molecular flexibility index (Phi) is 4.02. The summed E-state index contributed by atoms with van der Waals surface area (Å²) >= 11 is 0.999. The number of imidazole rings is 1. The van der Waals surface area contributed by atoms with Crippen LogP contribution in [-0.4, -0.2) is 30.1 Å². The normalized spacial score (nSPS) is 11.6. The number of nitrogens with zero attached hydrogens (tertiary/aromatic N) is 4. The Labute approximate surface area is 183 Å². The van der Waals surface area contributed by atoms with E-state index in [9.17, 15) is 8.78 Å². The molecule has 5 heterocycles. The summed E-state index contributed by atoms with van der Waals surface area (Å²) in [6, 6.07) is 9.79. The number of fused-ring (bicyclic) bond motifs is 2. The minimum absolute atomic E-state index is 0.194. The average Bonchev–Trinajstić information content (AvgIpc) is 3.50. The number of thiophene rings is 1. The van der Waals surface area contributed by atoms with E-state index in [1.807, 2.05) is 6.07 Å². The Hall–Kier alpha value is -4.18. The number of pyridine rings is 2. The number of anilines is 1. The maximum Gasteiger partial charge on any atom is 0.177 e. The second-order valence-electron chi connectivity index (χ2n) is 7.20. The van der Waals surface area contributed by atoms with Gasteiger partial charge in [-0.15, -0.1) is 11.3 Å². The van der Waals surface area contributed by atoms with Crippen LogP contribution in [0.25, 0.3) is 55.2 Å². The molecule has 0 aliphatic heterocycles. The molecule has 32 heavy (non-hydrogen) atoms. The van der Waals surface area contributed by atoms with Crippen molar-refractivity contribution < 1.29 is 8.78 Å². The van der Waals surface area contributed by atoms with E-state index in [4.69, 9.17) is 5.73 Å². The lowest BCUT2D eigenvalue weighted by Crippen LogP contribution is -1.89. The number of rotatable bonds is 3. The van der Waals surface area contributed by atoms with Gasteiger partial charge in [-0.2, -0.15) is 9.49 Å². The van der Waals surface area contributed by atoms with Gasteiger partial charge in [0.2, 0.25) is 0 Å². The second-order valence-corrected chi connectivity index (χ2v) is 8.24. The van der Waals surface area contributed by atoms with Crippen molar-refractivity contribution in [2.24, 2.45) is 0 Å². The summed E-state index contributed by atoms with van der Waals surface area (Å²) in [6.45, 7) is 0. The smallest absolute Gasteiger partial charge is 0.177 e.